The van der Waals surface area contributed by atoms with Gasteiger partial charge in [-0.15, -0.1) is 0 Å². The van der Waals surface area contributed by atoms with Crippen LogP contribution in [0.3, 0.4) is 0 Å². The van der Waals surface area contributed by atoms with Crippen LogP contribution in [0.25, 0.3) is 65.3 Å². The largest absolute Gasteiger partial charge is 0.0616 e. The van der Waals surface area contributed by atoms with Crippen molar-refractivity contribution < 1.29 is 0 Å². The molecule has 0 aromatic heterocycles. The molecule has 0 radical (unpaired) electrons. The van der Waals surface area contributed by atoms with E-state index in [1.807, 2.05) is 0 Å². The van der Waals surface area contributed by atoms with Gasteiger partial charge < -0.3 is 0 Å². The fourth-order valence-corrected chi connectivity index (χ4v) is 7.05. The molecule has 0 saturated heterocycles. The van der Waals surface area contributed by atoms with E-state index < -0.39 is 0 Å². The molecule has 0 saturated carbocycles. The van der Waals surface area contributed by atoms with E-state index in [-0.39, 0.29) is 10.8 Å². The maximum atomic E-state index is 2.38. The summed E-state index contributed by atoms with van der Waals surface area (Å²) in [5.74, 6) is 0. The monoisotopic (exact) mass is 570 g/mol. The quantitative estimate of drug-likeness (QED) is 0.143. The van der Waals surface area contributed by atoms with Crippen molar-refractivity contribution in [1.82, 2.24) is 0 Å². The van der Waals surface area contributed by atoms with Gasteiger partial charge in [-0.05, 0) is 101 Å². The molecular formula is C44H42. The van der Waals surface area contributed by atoms with E-state index in [4.69, 9.17) is 0 Å². The lowest BCUT2D eigenvalue weighted by Gasteiger charge is -2.24. The summed E-state index contributed by atoms with van der Waals surface area (Å²) in [7, 11) is 0. The van der Waals surface area contributed by atoms with Gasteiger partial charge in [-0.25, -0.2) is 0 Å². The summed E-state index contributed by atoms with van der Waals surface area (Å²) in [6.45, 7) is 18.1. The van der Waals surface area contributed by atoms with Gasteiger partial charge in [0.05, 0.1) is 0 Å². The molecule has 0 atom stereocenters. The number of aryl methyl sites for hydroxylation is 2. The van der Waals surface area contributed by atoms with E-state index in [0.717, 1.165) is 0 Å². The van der Waals surface area contributed by atoms with Gasteiger partial charge in [-0.1, -0.05) is 162 Å². The zero-order chi connectivity index (χ0) is 31.0. The molecule has 0 N–H and O–H groups in total. The first-order valence-electron chi connectivity index (χ1n) is 15.9. The molecule has 0 nitrogen and oxygen atoms in total. The maximum Gasteiger partial charge on any atom is -0.000764 e. The van der Waals surface area contributed by atoms with Gasteiger partial charge >= 0.3 is 0 Å². The Hall–Kier alpha value is -4.42. The summed E-state index contributed by atoms with van der Waals surface area (Å²) in [6.07, 6.45) is 0. The highest BCUT2D eigenvalue weighted by atomic mass is 14.3. The van der Waals surface area contributed by atoms with Crippen LogP contribution in [0.15, 0.2) is 109 Å². The van der Waals surface area contributed by atoms with E-state index in [1.54, 1.807) is 0 Å². The van der Waals surface area contributed by atoms with Gasteiger partial charge in [0.25, 0.3) is 0 Å². The van der Waals surface area contributed by atoms with E-state index in [0.29, 0.717) is 0 Å². The molecule has 218 valence electrons. The second kappa shape index (κ2) is 10.1. The minimum atomic E-state index is 0.101. The second-order valence-corrected chi connectivity index (χ2v) is 14.8. The third kappa shape index (κ3) is 4.60. The average molecular weight is 571 g/mol. The molecule has 7 aromatic carbocycles. The van der Waals surface area contributed by atoms with E-state index in [1.165, 1.54) is 87.6 Å². The van der Waals surface area contributed by atoms with Crippen LogP contribution in [-0.4, -0.2) is 0 Å². The Morgan fingerprint density at radius 1 is 0.364 bits per heavy atom. The van der Waals surface area contributed by atoms with E-state index in [9.17, 15) is 0 Å². The third-order valence-corrected chi connectivity index (χ3v) is 9.47. The minimum Gasteiger partial charge on any atom is -0.0616 e. The molecule has 0 heteroatoms. The molecule has 7 aromatic rings. The Balaban J connectivity index is 1.74. The van der Waals surface area contributed by atoms with E-state index in [2.05, 4.69) is 165 Å². The summed E-state index contributed by atoms with van der Waals surface area (Å²) >= 11 is 0. The SMILES string of the molecule is Cc1ccc2c(c1)c1cc(C)ccc1c1c(-c3ccc(C(C)(C)C)cc3)c3ccccc3c(-c3ccc(C(C)(C)C)cc3)c21. The highest BCUT2D eigenvalue weighted by Gasteiger charge is 2.23. The summed E-state index contributed by atoms with van der Waals surface area (Å²) in [4.78, 5) is 0. The van der Waals surface area contributed by atoms with Crippen LogP contribution in [0.2, 0.25) is 0 Å². The molecule has 0 bridgehead atoms. The Kier molecular flexibility index (Phi) is 6.49. The summed E-state index contributed by atoms with van der Waals surface area (Å²) in [6, 6.07) is 41.8. The van der Waals surface area contributed by atoms with E-state index >= 15 is 0 Å². The molecule has 0 aliphatic rings. The lowest BCUT2D eigenvalue weighted by Crippen LogP contribution is -2.10. The lowest BCUT2D eigenvalue weighted by atomic mass is 9.80. The first-order valence-corrected chi connectivity index (χ1v) is 15.9. The molecule has 0 heterocycles. The first-order chi connectivity index (χ1) is 20.9. The normalized spacial score (nSPS) is 12.5. The topological polar surface area (TPSA) is 0 Å². The summed E-state index contributed by atoms with van der Waals surface area (Å²) in [5, 5.41) is 10.6. The standard InChI is InChI=1S/C44H42/c1-27-13-23-35-37(25-27)38-26-28(2)14-24-36(38)42-40(30-17-21-32(22-18-30)44(6,7)8)34-12-10-9-11-33(34)39(41(35)42)29-15-19-31(20-16-29)43(3,4)5/h9-26H,1-8H3. The second-order valence-electron chi connectivity index (χ2n) is 14.8. The number of benzene rings is 7. The van der Waals surface area contributed by atoms with Crippen molar-refractivity contribution in [2.75, 3.05) is 0 Å². The zero-order valence-electron chi connectivity index (χ0n) is 27.4. The van der Waals surface area contributed by atoms with Crippen LogP contribution < -0.4 is 0 Å². The molecule has 0 aliphatic heterocycles. The molecule has 7 rings (SSSR count). The average Bonchev–Trinajstić information content (AvgIpc) is 2.99. The van der Waals surface area contributed by atoms with Crippen molar-refractivity contribution in [3.05, 3.63) is 131 Å². The van der Waals surface area contributed by atoms with Crippen molar-refractivity contribution in [2.45, 2.75) is 66.2 Å². The molecule has 0 spiro atoms. The predicted molar refractivity (Wildman–Crippen MR) is 194 cm³/mol. The molecule has 0 amide bonds. The predicted octanol–water partition coefficient (Wildman–Crippen LogP) is 12.8. The molecular weight excluding hydrogens is 528 g/mol. The minimum absolute atomic E-state index is 0.101. The van der Waals surface area contributed by atoms with Crippen LogP contribution in [0.1, 0.15) is 63.8 Å². The van der Waals surface area contributed by atoms with Gasteiger partial charge in [0, 0.05) is 0 Å². The van der Waals surface area contributed by atoms with Gasteiger partial charge in [0.15, 0.2) is 0 Å². The van der Waals surface area contributed by atoms with Crippen LogP contribution >= 0.6 is 0 Å². The molecule has 44 heavy (non-hydrogen) atoms. The van der Waals surface area contributed by atoms with Crippen molar-refractivity contribution in [3.8, 4) is 22.3 Å². The highest BCUT2D eigenvalue weighted by molar-refractivity contribution is 6.36. The maximum absolute atomic E-state index is 2.38. The fraction of sp³-hybridized carbons (Fsp3) is 0.227. The number of hydrogen-bond donors (Lipinski definition) is 0. The summed E-state index contributed by atoms with van der Waals surface area (Å²) in [5.41, 5.74) is 10.7. The third-order valence-electron chi connectivity index (χ3n) is 9.47. The van der Waals surface area contributed by atoms with Crippen molar-refractivity contribution in [3.63, 3.8) is 0 Å². The summed E-state index contributed by atoms with van der Waals surface area (Å²) < 4.78 is 0. The molecule has 0 unspecified atom stereocenters. The Morgan fingerprint density at radius 2 is 0.727 bits per heavy atom. The smallest absolute Gasteiger partial charge is 0.000764 e. The number of rotatable bonds is 2. The van der Waals surface area contributed by atoms with Gasteiger partial charge in [-0.2, -0.15) is 0 Å². The van der Waals surface area contributed by atoms with Crippen LogP contribution in [0.4, 0.5) is 0 Å². The van der Waals surface area contributed by atoms with Crippen molar-refractivity contribution in [1.29, 1.82) is 0 Å². The first kappa shape index (κ1) is 28.4. The fourth-order valence-electron chi connectivity index (χ4n) is 7.05. The zero-order valence-corrected chi connectivity index (χ0v) is 27.4. The van der Waals surface area contributed by atoms with Crippen molar-refractivity contribution >= 4 is 43.1 Å². The van der Waals surface area contributed by atoms with Crippen LogP contribution in [0.5, 0.6) is 0 Å². The highest BCUT2D eigenvalue weighted by Crippen LogP contribution is 2.50. The Bertz CT molecular complexity index is 2050. The van der Waals surface area contributed by atoms with Crippen LogP contribution in [0, 0.1) is 13.8 Å². The van der Waals surface area contributed by atoms with Crippen LogP contribution in [-0.2, 0) is 10.8 Å². The number of hydrogen-bond acceptors (Lipinski definition) is 0. The van der Waals surface area contributed by atoms with Gasteiger partial charge in [0.1, 0.15) is 0 Å². The molecule has 0 aliphatic carbocycles. The van der Waals surface area contributed by atoms with Gasteiger partial charge in [0.2, 0.25) is 0 Å². The number of fused-ring (bicyclic) bond motifs is 7. The molecule has 0 fully saturated rings. The van der Waals surface area contributed by atoms with Crippen molar-refractivity contribution in [2.24, 2.45) is 0 Å². The van der Waals surface area contributed by atoms with Gasteiger partial charge in [-0.3, -0.25) is 0 Å². The lowest BCUT2D eigenvalue weighted by molar-refractivity contribution is 0.590. The Morgan fingerprint density at radius 3 is 1.07 bits per heavy atom. The Labute approximate surface area is 262 Å².